The van der Waals surface area contributed by atoms with Crippen molar-refractivity contribution in [2.24, 2.45) is 4.40 Å². The Morgan fingerprint density at radius 1 is 1.57 bits per heavy atom. The van der Waals surface area contributed by atoms with Crippen molar-refractivity contribution in [3.05, 3.63) is 23.2 Å². The number of nitrogens with zero attached hydrogens (tertiary/aromatic N) is 1. The van der Waals surface area contributed by atoms with E-state index in [4.69, 9.17) is 15.7 Å². The second kappa shape index (κ2) is 2.96. The van der Waals surface area contributed by atoms with E-state index < -0.39 is 22.7 Å². The zero-order valence-electron chi connectivity index (χ0n) is 9.78. The summed E-state index contributed by atoms with van der Waals surface area (Å²) >= 11 is 5.68. The first kappa shape index (κ1) is 6.42. The summed E-state index contributed by atoms with van der Waals surface area (Å²) in [5.74, 6) is -0.563. The van der Waals surface area contributed by atoms with Gasteiger partial charge in [0.1, 0.15) is 10.7 Å². The third-order valence-electron chi connectivity index (χ3n) is 1.69. The maximum atomic E-state index is 11.7. The van der Waals surface area contributed by atoms with Gasteiger partial charge in [-0.1, -0.05) is 11.6 Å². The van der Waals surface area contributed by atoms with E-state index in [0.29, 0.717) is 0 Å². The fourth-order valence-electron chi connectivity index (χ4n) is 1.13. The molecule has 0 unspecified atom stereocenters. The third kappa shape index (κ3) is 1.49. The van der Waals surface area contributed by atoms with Crippen molar-refractivity contribution < 1.29 is 12.5 Å². The molecule has 74 valence electrons. The molecule has 0 bridgehead atoms. The Labute approximate surface area is 90.9 Å². The number of sulfonamides is 1. The minimum Gasteiger partial charge on any atom is -0.342 e. The van der Waals surface area contributed by atoms with Crippen molar-refractivity contribution in [2.45, 2.75) is 11.7 Å². The lowest BCUT2D eigenvalue weighted by Crippen LogP contribution is -2.18. The minimum absolute atomic E-state index is 0.127. The standard InChI is InChI=1S/C8H7ClN2O2S/c1-5-10-7-3-2-6(9)4-8(7)14(12,13)11-5/h2-4H,1H3,(H,10,11)/i1+1D3. The van der Waals surface area contributed by atoms with E-state index in [-0.39, 0.29) is 15.6 Å². The Kier molecular flexibility index (Phi) is 1.36. The number of rotatable bonds is 0. The van der Waals surface area contributed by atoms with Crippen LogP contribution in [0.25, 0.3) is 0 Å². The Morgan fingerprint density at radius 2 is 2.36 bits per heavy atom. The quantitative estimate of drug-likeness (QED) is 0.698. The van der Waals surface area contributed by atoms with Crippen LogP contribution in [0.15, 0.2) is 27.5 Å². The van der Waals surface area contributed by atoms with Gasteiger partial charge in [-0.25, -0.2) is 0 Å². The first-order chi connectivity index (χ1) is 7.70. The maximum Gasteiger partial charge on any atom is 0.286 e. The molecule has 0 aromatic heterocycles. The molecule has 6 heteroatoms. The summed E-state index contributed by atoms with van der Waals surface area (Å²) < 4.78 is 48.1. The van der Waals surface area contributed by atoms with E-state index in [1.54, 1.807) is 0 Å². The highest BCUT2D eigenvalue weighted by Gasteiger charge is 2.23. The Morgan fingerprint density at radius 3 is 3.07 bits per heavy atom. The van der Waals surface area contributed by atoms with Gasteiger partial charge in [0.05, 0.1) is 5.69 Å². The molecular formula is C8H7ClN2O2S. The summed E-state index contributed by atoms with van der Waals surface area (Å²) in [6.07, 6.45) is 0. The molecule has 4 nitrogen and oxygen atoms in total. The van der Waals surface area contributed by atoms with E-state index in [1.165, 1.54) is 18.2 Å². The Bertz CT molecular complexity index is 610. The fourth-order valence-corrected chi connectivity index (χ4v) is 2.43. The molecule has 1 aromatic carbocycles. The highest BCUT2D eigenvalue weighted by molar-refractivity contribution is 7.90. The smallest absolute Gasteiger partial charge is 0.286 e. The predicted molar refractivity (Wildman–Crippen MR) is 55.4 cm³/mol. The SMILES string of the molecule is [2H][13C]([2H])([2H])C1=NS(=O)(=O)c2cc(Cl)ccc2N1. The average molecular weight is 235 g/mol. The molecule has 0 aliphatic carbocycles. The van der Waals surface area contributed by atoms with Gasteiger partial charge in [0.15, 0.2) is 0 Å². The number of amidine groups is 1. The minimum atomic E-state index is -4.02. The van der Waals surface area contributed by atoms with Crippen LogP contribution in [0.3, 0.4) is 0 Å². The van der Waals surface area contributed by atoms with Gasteiger partial charge in [-0.05, 0) is 25.1 Å². The monoisotopic (exact) mass is 234 g/mol. The second-order valence-electron chi connectivity index (χ2n) is 2.68. The first-order valence-corrected chi connectivity index (χ1v) is 5.44. The highest BCUT2D eigenvalue weighted by atomic mass is 35.5. The second-order valence-corrected chi connectivity index (χ2v) is 4.69. The largest absolute Gasteiger partial charge is 0.342 e. The molecule has 0 amide bonds. The summed E-state index contributed by atoms with van der Waals surface area (Å²) in [4.78, 5) is -0.127. The summed E-state index contributed by atoms with van der Waals surface area (Å²) in [5.41, 5.74) is 0.163. The lowest BCUT2D eigenvalue weighted by molar-refractivity contribution is 0.598. The molecule has 0 radical (unpaired) electrons. The van der Waals surface area contributed by atoms with Crippen molar-refractivity contribution in [3.8, 4) is 0 Å². The van der Waals surface area contributed by atoms with Gasteiger partial charge in [0.2, 0.25) is 0 Å². The topological polar surface area (TPSA) is 58.5 Å². The van der Waals surface area contributed by atoms with Crippen LogP contribution in [0, 0.1) is 0 Å². The number of hydrogen-bond donors (Lipinski definition) is 1. The van der Waals surface area contributed by atoms with Crippen LogP contribution >= 0.6 is 11.6 Å². The van der Waals surface area contributed by atoms with E-state index in [2.05, 4.69) is 9.71 Å². The van der Waals surface area contributed by atoms with Crippen molar-refractivity contribution >= 4 is 33.1 Å². The number of anilines is 1. The van der Waals surface area contributed by atoms with E-state index in [9.17, 15) is 8.42 Å². The fraction of sp³-hybridized carbons (Fsp3) is 0.125. The molecule has 0 fully saturated rings. The third-order valence-corrected chi connectivity index (χ3v) is 3.24. The summed E-state index contributed by atoms with van der Waals surface area (Å²) in [7, 11) is -4.02. The van der Waals surface area contributed by atoms with Gasteiger partial charge in [-0.2, -0.15) is 8.42 Å². The van der Waals surface area contributed by atoms with Crippen molar-refractivity contribution in [3.63, 3.8) is 0 Å². The molecule has 1 N–H and O–H groups in total. The molecule has 1 aliphatic heterocycles. The van der Waals surface area contributed by atoms with E-state index in [1.807, 2.05) is 0 Å². The van der Waals surface area contributed by atoms with Crippen LogP contribution in [0.1, 0.15) is 11.0 Å². The molecule has 1 heterocycles. The number of halogens is 1. The van der Waals surface area contributed by atoms with Gasteiger partial charge in [0.25, 0.3) is 10.0 Å². The average Bonchev–Trinajstić information content (AvgIpc) is 2.16. The normalized spacial score (nSPS) is 22.1. The molecule has 14 heavy (non-hydrogen) atoms. The molecule has 1 aliphatic rings. The van der Waals surface area contributed by atoms with Crippen LogP contribution in [-0.4, -0.2) is 14.3 Å². The lowest BCUT2D eigenvalue weighted by Gasteiger charge is -2.15. The van der Waals surface area contributed by atoms with Crippen LogP contribution < -0.4 is 5.32 Å². The van der Waals surface area contributed by atoms with Crippen LogP contribution in [0.2, 0.25) is 5.02 Å². The highest BCUT2D eigenvalue weighted by Crippen LogP contribution is 2.29. The zero-order chi connectivity index (χ0) is 12.8. The van der Waals surface area contributed by atoms with Gasteiger partial charge in [-0.3, -0.25) is 0 Å². The van der Waals surface area contributed by atoms with Crippen molar-refractivity contribution in [1.29, 1.82) is 0 Å². The maximum absolute atomic E-state index is 11.7. The lowest BCUT2D eigenvalue weighted by atomic mass is 10.3. The molecule has 0 saturated heterocycles. The molecule has 2 rings (SSSR count). The number of benzene rings is 1. The van der Waals surface area contributed by atoms with Gasteiger partial charge in [0, 0.05) is 9.13 Å². The molecular weight excluding hydrogens is 225 g/mol. The molecule has 0 saturated carbocycles. The van der Waals surface area contributed by atoms with Gasteiger partial charge < -0.3 is 5.32 Å². The van der Waals surface area contributed by atoms with Crippen molar-refractivity contribution in [1.82, 2.24) is 0 Å². The zero-order valence-corrected chi connectivity index (χ0v) is 8.35. The first-order valence-electron chi connectivity index (χ1n) is 5.12. The van der Waals surface area contributed by atoms with E-state index >= 15 is 0 Å². The van der Waals surface area contributed by atoms with Crippen molar-refractivity contribution in [2.75, 3.05) is 5.32 Å². The number of nitrogens with one attached hydrogen (secondary N) is 1. The number of fused-ring (bicyclic) bond motifs is 1. The predicted octanol–water partition coefficient (Wildman–Crippen LogP) is 1.87. The van der Waals surface area contributed by atoms with E-state index in [0.717, 1.165) is 0 Å². The summed E-state index contributed by atoms with van der Waals surface area (Å²) in [6.45, 7) is -2.61. The molecule has 0 spiro atoms. The van der Waals surface area contributed by atoms with Gasteiger partial charge >= 0.3 is 0 Å². The van der Waals surface area contributed by atoms with Gasteiger partial charge in [-0.15, -0.1) is 4.40 Å². The van der Waals surface area contributed by atoms with Crippen LogP contribution in [-0.2, 0) is 10.0 Å². The molecule has 0 atom stereocenters. The Balaban J connectivity index is 2.63. The van der Waals surface area contributed by atoms with Crippen LogP contribution in [0.5, 0.6) is 0 Å². The Hall–Kier alpha value is -1.07. The summed E-state index contributed by atoms with van der Waals surface area (Å²) in [5, 5.41) is 2.71. The number of hydrogen-bond acceptors (Lipinski definition) is 3. The summed E-state index contributed by atoms with van der Waals surface area (Å²) in [6, 6.07) is 4.08. The molecule has 1 aromatic rings. The van der Waals surface area contributed by atoms with Crippen LogP contribution in [0.4, 0.5) is 5.69 Å².